The van der Waals surface area contributed by atoms with Crippen molar-refractivity contribution >= 4 is 0 Å². The lowest BCUT2D eigenvalue weighted by Gasteiger charge is -2.51. The summed E-state index contributed by atoms with van der Waals surface area (Å²) in [6.07, 6.45) is 12.4. The summed E-state index contributed by atoms with van der Waals surface area (Å²) in [4.78, 5) is 2.85. The predicted octanol–water partition coefficient (Wildman–Crippen LogP) is 3.55. The number of hydrogen-bond donors (Lipinski definition) is 1. The molecule has 2 heteroatoms. The van der Waals surface area contributed by atoms with Crippen molar-refractivity contribution in [1.82, 2.24) is 4.90 Å². The minimum atomic E-state index is 0.351. The first-order valence-corrected chi connectivity index (χ1v) is 8.25. The molecule has 2 fully saturated rings. The van der Waals surface area contributed by atoms with Crippen LogP contribution in [-0.2, 0) is 0 Å². The van der Waals surface area contributed by atoms with Crippen LogP contribution in [0.15, 0.2) is 0 Å². The van der Waals surface area contributed by atoms with E-state index in [1.807, 2.05) is 0 Å². The highest BCUT2D eigenvalue weighted by molar-refractivity contribution is 5.04. The smallest absolute Gasteiger partial charge is 0.0362 e. The molecule has 0 bridgehead atoms. The highest BCUT2D eigenvalue weighted by Crippen LogP contribution is 2.44. The molecule has 106 valence electrons. The van der Waals surface area contributed by atoms with Gasteiger partial charge in [-0.05, 0) is 44.6 Å². The van der Waals surface area contributed by atoms with E-state index >= 15 is 0 Å². The molecule has 0 aromatic heterocycles. The monoisotopic (exact) mass is 252 g/mol. The van der Waals surface area contributed by atoms with Crippen LogP contribution < -0.4 is 5.73 Å². The maximum atomic E-state index is 6.30. The van der Waals surface area contributed by atoms with Crippen molar-refractivity contribution in [3.8, 4) is 0 Å². The van der Waals surface area contributed by atoms with Crippen LogP contribution in [0.4, 0.5) is 0 Å². The fraction of sp³-hybridized carbons (Fsp3) is 1.00. The Bertz CT molecular complexity index is 249. The minimum absolute atomic E-state index is 0.351. The molecule has 0 spiro atoms. The topological polar surface area (TPSA) is 29.3 Å². The Kier molecular flexibility index (Phi) is 5.08. The molecule has 2 N–H and O–H groups in total. The summed E-state index contributed by atoms with van der Waals surface area (Å²) in [5.41, 5.74) is 6.65. The molecule has 0 aliphatic heterocycles. The Morgan fingerprint density at radius 2 is 1.94 bits per heavy atom. The van der Waals surface area contributed by atoms with Crippen LogP contribution in [0, 0.1) is 5.92 Å². The van der Waals surface area contributed by atoms with E-state index in [-0.39, 0.29) is 0 Å². The summed E-state index contributed by atoms with van der Waals surface area (Å²) in [6.45, 7) is 6.84. The van der Waals surface area contributed by atoms with Crippen LogP contribution >= 0.6 is 0 Å². The molecule has 2 saturated carbocycles. The van der Waals surface area contributed by atoms with Gasteiger partial charge in [-0.3, -0.25) is 4.90 Å². The zero-order chi connectivity index (χ0) is 13.0. The predicted molar refractivity (Wildman–Crippen MR) is 78.7 cm³/mol. The van der Waals surface area contributed by atoms with E-state index in [4.69, 9.17) is 5.73 Å². The first-order valence-electron chi connectivity index (χ1n) is 8.25. The lowest BCUT2D eigenvalue weighted by atomic mass is 9.70. The average Bonchev–Trinajstić information content (AvgIpc) is 3.24. The number of rotatable bonds is 7. The second-order valence-electron chi connectivity index (χ2n) is 6.44. The summed E-state index contributed by atoms with van der Waals surface area (Å²) in [7, 11) is 0. The standard InChI is InChI=1S/C16H32N2/c1-3-5-12-18(15-9-10-15)16(13-17)11-7-6-8-14(16)4-2/h14-15H,3-13,17H2,1-2H3. The van der Waals surface area contributed by atoms with Gasteiger partial charge in [-0.1, -0.05) is 39.5 Å². The highest BCUT2D eigenvalue weighted by atomic mass is 15.3. The van der Waals surface area contributed by atoms with Gasteiger partial charge < -0.3 is 5.73 Å². The van der Waals surface area contributed by atoms with E-state index in [0.717, 1.165) is 18.5 Å². The molecule has 0 aromatic carbocycles. The average molecular weight is 252 g/mol. The largest absolute Gasteiger partial charge is 0.329 e. The maximum Gasteiger partial charge on any atom is 0.0362 e. The molecule has 18 heavy (non-hydrogen) atoms. The lowest BCUT2D eigenvalue weighted by molar-refractivity contribution is -0.00348. The van der Waals surface area contributed by atoms with Crippen molar-refractivity contribution in [1.29, 1.82) is 0 Å². The third kappa shape index (κ3) is 2.75. The SMILES string of the molecule is CCCCN(C1CC1)C1(CN)CCCCC1CC. The minimum Gasteiger partial charge on any atom is -0.329 e. The van der Waals surface area contributed by atoms with Gasteiger partial charge >= 0.3 is 0 Å². The molecule has 0 heterocycles. The Morgan fingerprint density at radius 3 is 2.50 bits per heavy atom. The van der Waals surface area contributed by atoms with Crippen molar-refractivity contribution in [2.24, 2.45) is 11.7 Å². The molecule has 2 atom stereocenters. The third-order valence-corrected chi connectivity index (χ3v) is 5.33. The van der Waals surface area contributed by atoms with Gasteiger partial charge in [0.1, 0.15) is 0 Å². The second kappa shape index (κ2) is 6.38. The van der Waals surface area contributed by atoms with Crippen molar-refractivity contribution in [2.75, 3.05) is 13.1 Å². The molecule has 2 aliphatic rings. The van der Waals surface area contributed by atoms with Gasteiger partial charge in [0.2, 0.25) is 0 Å². The molecule has 2 unspecified atom stereocenters. The van der Waals surface area contributed by atoms with Crippen LogP contribution in [-0.4, -0.2) is 29.6 Å². The van der Waals surface area contributed by atoms with Crippen LogP contribution in [0.2, 0.25) is 0 Å². The Balaban J connectivity index is 2.14. The molecule has 2 rings (SSSR count). The van der Waals surface area contributed by atoms with E-state index in [1.165, 1.54) is 64.3 Å². The Hall–Kier alpha value is -0.0800. The van der Waals surface area contributed by atoms with Crippen molar-refractivity contribution < 1.29 is 0 Å². The highest BCUT2D eigenvalue weighted by Gasteiger charge is 2.47. The summed E-state index contributed by atoms with van der Waals surface area (Å²) >= 11 is 0. The van der Waals surface area contributed by atoms with E-state index in [0.29, 0.717) is 5.54 Å². The van der Waals surface area contributed by atoms with Crippen LogP contribution in [0.1, 0.15) is 71.6 Å². The second-order valence-corrected chi connectivity index (χ2v) is 6.44. The normalized spacial score (nSPS) is 33.0. The molecule has 2 nitrogen and oxygen atoms in total. The Morgan fingerprint density at radius 1 is 1.17 bits per heavy atom. The van der Waals surface area contributed by atoms with Crippen LogP contribution in [0.3, 0.4) is 0 Å². The van der Waals surface area contributed by atoms with E-state index in [1.54, 1.807) is 0 Å². The molecule has 0 saturated heterocycles. The van der Waals surface area contributed by atoms with Gasteiger partial charge in [-0.25, -0.2) is 0 Å². The van der Waals surface area contributed by atoms with Crippen LogP contribution in [0.25, 0.3) is 0 Å². The van der Waals surface area contributed by atoms with Gasteiger partial charge in [0.15, 0.2) is 0 Å². The zero-order valence-electron chi connectivity index (χ0n) is 12.5. The number of unbranched alkanes of at least 4 members (excludes halogenated alkanes) is 1. The molecular weight excluding hydrogens is 220 g/mol. The van der Waals surface area contributed by atoms with Crippen molar-refractivity contribution in [3.05, 3.63) is 0 Å². The van der Waals surface area contributed by atoms with Crippen LogP contribution in [0.5, 0.6) is 0 Å². The molecular formula is C16H32N2. The Labute approximate surface area is 113 Å². The quantitative estimate of drug-likeness (QED) is 0.751. The van der Waals surface area contributed by atoms with E-state index in [2.05, 4.69) is 18.7 Å². The first-order chi connectivity index (χ1) is 8.78. The third-order valence-electron chi connectivity index (χ3n) is 5.33. The summed E-state index contributed by atoms with van der Waals surface area (Å²) in [6, 6.07) is 0.868. The van der Waals surface area contributed by atoms with Crippen molar-refractivity contribution in [3.63, 3.8) is 0 Å². The lowest BCUT2D eigenvalue weighted by Crippen LogP contribution is -2.60. The van der Waals surface area contributed by atoms with Gasteiger partial charge in [0, 0.05) is 18.1 Å². The fourth-order valence-corrected chi connectivity index (χ4v) is 4.13. The molecule has 0 aromatic rings. The number of nitrogens with two attached hydrogens (primary N) is 1. The molecule has 0 radical (unpaired) electrons. The van der Waals surface area contributed by atoms with Gasteiger partial charge in [-0.2, -0.15) is 0 Å². The number of nitrogens with zero attached hydrogens (tertiary/aromatic N) is 1. The zero-order valence-corrected chi connectivity index (χ0v) is 12.5. The molecule has 0 amide bonds. The van der Waals surface area contributed by atoms with Gasteiger partial charge in [0.25, 0.3) is 0 Å². The number of hydrogen-bond acceptors (Lipinski definition) is 2. The van der Waals surface area contributed by atoms with E-state index < -0.39 is 0 Å². The van der Waals surface area contributed by atoms with E-state index in [9.17, 15) is 0 Å². The first kappa shape index (κ1) is 14.3. The maximum absolute atomic E-state index is 6.30. The van der Waals surface area contributed by atoms with Gasteiger partial charge in [0.05, 0.1) is 0 Å². The fourth-order valence-electron chi connectivity index (χ4n) is 4.13. The summed E-state index contributed by atoms with van der Waals surface area (Å²) < 4.78 is 0. The molecule has 2 aliphatic carbocycles. The summed E-state index contributed by atoms with van der Waals surface area (Å²) in [5.74, 6) is 0.841. The summed E-state index contributed by atoms with van der Waals surface area (Å²) in [5, 5.41) is 0. The van der Waals surface area contributed by atoms with Crippen molar-refractivity contribution in [2.45, 2.75) is 83.2 Å². The van der Waals surface area contributed by atoms with Gasteiger partial charge in [-0.15, -0.1) is 0 Å².